The van der Waals surface area contributed by atoms with Gasteiger partial charge in [-0.05, 0) is 113 Å². The van der Waals surface area contributed by atoms with Gasteiger partial charge in [0.25, 0.3) is 11.8 Å². The number of carbonyl (C=O) groups excluding carboxylic acids is 2. The number of hydrogen-bond donors (Lipinski definition) is 3. The summed E-state index contributed by atoms with van der Waals surface area (Å²) in [5, 5.41) is 18.0. The van der Waals surface area contributed by atoms with Crippen molar-refractivity contribution in [3.8, 4) is 0 Å². The van der Waals surface area contributed by atoms with Gasteiger partial charge in [0.2, 0.25) is 0 Å². The Bertz CT molecular complexity index is 1260. The van der Waals surface area contributed by atoms with E-state index in [0.29, 0.717) is 43.8 Å². The normalized spacial score (nSPS) is 20.2. The van der Waals surface area contributed by atoms with E-state index in [-0.39, 0.29) is 24.0 Å². The number of piperidine rings is 2. The summed E-state index contributed by atoms with van der Waals surface area (Å²) < 4.78 is 34.5. The first kappa shape index (κ1) is 35.9. The van der Waals surface area contributed by atoms with Crippen molar-refractivity contribution < 1.29 is 28.2 Å². The molecule has 2 aromatic rings. The van der Waals surface area contributed by atoms with Gasteiger partial charge in [-0.15, -0.1) is 0 Å². The molecule has 46 heavy (non-hydrogen) atoms. The van der Waals surface area contributed by atoms with Crippen LogP contribution in [-0.4, -0.2) is 96.9 Å². The molecule has 2 saturated heterocycles. The molecule has 0 aliphatic carbocycles. The Morgan fingerprint density at radius 1 is 1.02 bits per heavy atom. The molecule has 4 atom stereocenters. The summed E-state index contributed by atoms with van der Waals surface area (Å²) in [7, 11) is 0. The number of aliphatic hydroxyl groups is 1. The maximum absolute atomic E-state index is 14.1. The number of aryl methyl sites for hydroxylation is 1. The summed E-state index contributed by atoms with van der Waals surface area (Å²) in [4.78, 5) is 31.3. The van der Waals surface area contributed by atoms with E-state index >= 15 is 0 Å². The predicted molar refractivity (Wildman–Crippen MR) is 176 cm³/mol. The molecule has 2 amide bonds. The van der Waals surface area contributed by atoms with E-state index in [1.807, 2.05) is 20.8 Å². The standard InChI is InChI=1S/C36H52F2N4O4/c1-4-11-42(12-5-2)36(45)28-18-25(3)17-27(22-28)35(44)40-33(21-26-19-29(37)23-30(38)20-26)34(43)32-24-31(9-10-39-32)46-16-15-41-13-7-6-8-14-41/h17-20,22-23,31-34,39,43H,4-16,21,24H2,1-3H3,(H,40,44)/t31-,32+,33-,34+/m0/s1. The molecule has 3 N–H and O–H groups in total. The highest BCUT2D eigenvalue weighted by Crippen LogP contribution is 2.21. The van der Waals surface area contributed by atoms with Crippen molar-refractivity contribution in [2.75, 3.05) is 45.9 Å². The van der Waals surface area contributed by atoms with E-state index in [1.54, 1.807) is 23.1 Å². The average molecular weight is 643 g/mol. The number of nitrogens with one attached hydrogen (secondary N) is 2. The Morgan fingerprint density at radius 3 is 2.37 bits per heavy atom. The molecule has 2 fully saturated rings. The van der Waals surface area contributed by atoms with E-state index in [0.717, 1.165) is 50.5 Å². The Balaban J connectivity index is 1.49. The van der Waals surface area contributed by atoms with E-state index < -0.39 is 35.7 Å². The third-order valence-electron chi connectivity index (χ3n) is 8.98. The molecule has 0 aromatic heterocycles. The summed E-state index contributed by atoms with van der Waals surface area (Å²) in [6.45, 7) is 11.5. The van der Waals surface area contributed by atoms with Crippen LogP contribution in [0.2, 0.25) is 0 Å². The molecule has 2 aliphatic rings. The highest BCUT2D eigenvalue weighted by Gasteiger charge is 2.34. The maximum atomic E-state index is 14.1. The predicted octanol–water partition coefficient (Wildman–Crippen LogP) is 4.86. The van der Waals surface area contributed by atoms with E-state index in [2.05, 4.69) is 15.5 Å². The number of hydrogen-bond acceptors (Lipinski definition) is 6. The van der Waals surface area contributed by atoms with Gasteiger partial charge in [-0.1, -0.05) is 20.3 Å². The maximum Gasteiger partial charge on any atom is 0.253 e. The lowest BCUT2D eigenvalue weighted by Gasteiger charge is -2.37. The van der Waals surface area contributed by atoms with Gasteiger partial charge in [-0.3, -0.25) is 9.59 Å². The number of nitrogens with zero attached hydrogens (tertiary/aromatic N) is 2. The largest absolute Gasteiger partial charge is 0.389 e. The van der Waals surface area contributed by atoms with Crippen LogP contribution in [0.4, 0.5) is 8.78 Å². The molecule has 0 bridgehead atoms. The van der Waals surface area contributed by atoms with Crippen LogP contribution in [0, 0.1) is 18.6 Å². The number of halogens is 2. The Kier molecular flexibility index (Phi) is 13.9. The Labute approximate surface area is 272 Å². The second-order valence-electron chi connectivity index (χ2n) is 12.9. The second kappa shape index (κ2) is 17.8. The number of ether oxygens (including phenoxy) is 1. The summed E-state index contributed by atoms with van der Waals surface area (Å²) in [6.07, 6.45) is 5.62. The zero-order chi connectivity index (χ0) is 33.1. The molecular formula is C36H52F2N4O4. The van der Waals surface area contributed by atoms with Crippen LogP contribution in [0.15, 0.2) is 36.4 Å². The molecule has 0 unspecified atom stereocenters. The second-order valence-corrected chi connectivity index (χ2v) is 12.9. The molecule has 4 rings (SSSR count). The summed E-state index contributed by atoms with van der Waals surface area (Å²) in [5.41, 5.74) is 1.79. The van der Waals surface area contributed by atoms with Crippen LogP contribution in [0.5, 0.6) is 0 Å². The molecule has 10 heteroatoms. The van der Waals surface area contributed by atoms with Crippen molar-refractivity contribution in [3.63, 3.8) is 0 Å². The van der Waals surface area contributed by atoms with E-state index in [9.17, 15) is 23.5 Å². The number of amides is 2. The fourth-order valence-electron chi connectivity index (χ4n) is 6.70. The average Bonchev–Trinajstić information content (AvgIpc) is 3.03. The molecule has 2 heterocycles. The summed E-state index contributed by atoms with van der Waals surface area (Å²) in [6, 6.07) is 7.03. The minimum atomic E-state index is -1.07. The zero-order valence-corrected chi connectivity index (χ0v) is 27.7. The number of benzene rings is 2. The van der Waals surface area contributed by atoms with Gasteiger partial charge in [-0.2, -0.15) is 0 Å². The van der Waals surface area contributed by atoms with Crippen LogP contribution < -0.4 is 10.6 Å². The van der Waals surface area contributed by atoms with Crippen LogP contribution in [0.1, 0.15) is 90.6 Å². The third kappa shape index (κ3) is 10.6. The molecular weight excluding hydrogens is 590 g/mol. The highest BCUT2D eigenvalue weighted by atomic mass is 19.1. The van der Waals surface area contributed by atoms with Crippen LogP contribution in [-0.2, 0) is 11.2 Å². The molecule has 0 spiro atoms. The monoisotopic (exact) mass is 642 g/mol. The molecule has 2 aromatic carbocycles. The van der Waals surface area contributed by atoms with Gasteiger partial charge in [0, 0.05) is 42.9 Å². The van der Waals surface area contributed by atoms with Crippen molar-refractivity contribution in [1.29, 1.82) is 0 Å². The van der Waals surface area contributed by atoms with Gasteiger partial charge in [-0.25, -0.2) is 8.78 Å². The van der Waals surface area contributed by atoms with Crippen molar-refractivity contribution >= 4 is 11.8 Å². The van der Waals surface area contributed by atoms with Crippen molar-refractivity contribution in [2.24, 2.45) is 0 Å². The molecule has 8 nitrogen and oxygen atoms in total. The van der Waals surface area contributed by atoms with Crippen LogP contribution in [0.3, 0.4) is 0 Å². The fourth-order valence-corrected chi connectivity index (χ4v) is 6.70. The SMILES string of the molecule is CCCN(CCC)C(=O)c1cc(C)cc(C(=O)N[C@@H](Cc2cc(F)cc(F)c2)[C@H](O)[C@H]2C[C@@H](OCCN3CCCCC3)CCN2)c1. The summed E-state index contributed by atoms with van der Waals surface area (Å²) >= 11 is 0. The van der Waals surface area contributed by atoms with Gasteiger partial charge in [0.15, 0.2) is 0 Å². The Morgan fingerprint density at radius 2 is 1.70 bits per heavy atom. The van der Waals surface area contributed by atoms with Gasteiger partial charge in [0.1, 0.15) is 11.6 Å². The van der Waals surface area contributed by atoms with E-state index in [1.165, 1.54) is 31.4 Å². The number of aliphatic hydroxyl groups excluding tert-OH is 1. The third-order valence-corrected chi connectivity index (χ3v) is 8.98. The van der Waals surface area contributed by atoms with Gasteiger partial charge >= 0.3 is 0 Å². The number of likely N-dealkylation sites (tertiary alicyclic amines) is 1. The fraction of sp³-hybridized carbons (Fsp3) is 0.611. The number of carbonyl (C=O) groups is 2. The summed E-state index contributed by atoms with van der Waals surface area (Å²) in [5.74, 6) is -2.05. The van der Waals surface area contributed by atoms with Crippen molar-refractivity contribution in [3.05, 3.63) is 70.3 Å². The lowest BCUT2D eigenvalue weighted by atomic mass is 9.90. The highest BCUT2D eigenvalue weighted by molar-refractivity contribution is 6.00. The van der Waals surface area contributed by atoms with Crippen molar-refractivity contribution in [2.45, 2.75) is 96.4 Å². The lowest BCUT2D eigenvalue weighted by molar-refractivity contribution is -0.0152. The zero-order valence-electron chi connectivity index (χ0n) is 27.7. The first-order chi connectivity index (χ1) is 22.2. The first-order valence-electron chi connectivity index (χ1n) is 17.1. The molecule has 254 valence electrons. The molecule has 0 radical (unpaired) electrons. The minimum Gasteiger partial charge on any atom is -0.389 e. The molecule has 2 aliphatic heterocycles. The van der Waals surface area contributed by atoms with Crippen LogP contribution in [0.25, 0.3) is 0 Å². The van der Waals surface area contributed by atoms with E-state index in [4.69, 9.17) is 4.74 Å². The van der Waals surface area contributed by atoms with Gasteiger partial charge < -0.3 is 30.3 Å². The smallest absolute Gasteiger partial charge is 0.253 e. The van der Waals surface area contributed by atoms with Crippen LogP contribution >= 0.6 is 0 Å². The molecule has 0 saturated carbocycles. The first-order valence-corrected chi connectivity index (χ1v) is 17.1. The quantitative estimate of drug-likeness (QED) is 0.257. The lowest BCUT2D eigenvalue weighted by Crippen LogP contribution is -2.57. The van der Waals surface area contributed by atoms with Gasteiger partial charge in [0.05, 0.1) is 24.9 Å². The number of rotatable bonds is 15. The minimum absolute atomic E-state index is 0.0125. The van der Waals surface area contributed by atoms with Crippen molar-refractivity contribution in [1.82, 2.24) is 20.4 Å². The Hall–Kier alpha value is -2.92. The topological polar surface area (TPSA) is 94.1 Å².